The number of hydrogen-bond acceptors (Lipinski definition) is 9. The fourth-order valence-electron chi connectivity index (χ4n) is 10.3. The van der Waals surface area contributed by atoms with Gasteiger partial charge in [-0.05, 0) is 114 Å². The molecule has 7 heterocycles. The molecular weight excluding hydrogens is 860 g/mol. The molecule has 346 valence electrons. The molecule has 3 N–H and O–H groups in total. The van der Waals surface area contributed by atoms with Gasteiger partial charge < -0.3 is 34.4 Å². The third-order valence-electron chi connectivity index (χ3n) is 13.5. The van der Waals surface area contributed by atoms with Crippen molar-refractivity contribution < 1.29 is 33.0 Å². The predicted octanol–water partition coefficient (Wildman–Crippen LogP) is 11.0. The van der Waals surface area contributed by atoms with Gasteiger partial charge in [-0.3, -0.25) is 14.3 Å². The summed E-state index contributed by atoms with van der Waals surface area (Å²) < 4.78 is 36.5. The number of imidazole rings is 2. The number of nitrogens with one attached hydrogen (secondary N) is 3. The number of benzene rings is 2. The molecule has 4 aromatic heterocycles. The van der Waals surface area contributed by atoms with Crippen LogP contribution in [0.5, 0.6) is 5.75 Å². The molecule has 14 nitrogen and oxygen atoms in total. The minimum atomic E-state index is -0.759. The van der Waals surface area contributed by atoms with Crippen LogP contribution in [0.15, 0.2) is 60.9 Å². The number of rotatable bonds is 9. The highest BCUT2D eigenvalue weighted by atomic mass is 32.1. The summed E-state index contributed by atoms with van der Waals surface area (Å²) in [6.07, 6.45) is 9.88. The normalized spacial score (nSPS) is 20.2. The van der Waals surface area contributed by atoms with Gasteiger partial charge in [-0.1, -0.05) is 32.8 Å². The zero-order chi connectivity index (χ0) is 46.0. The third kappa shape index (κ3) is 8.11. The highest BCUT2D eigenvalue weighted by molar-refractivity contribution is 7.12. The Labute approximate surface area is 387 Å². The average Bonchev–Trinajstić information content (AvgIpc) is 4.14. The second kappa shape index (κ2) is 17.2. The number of ether oxygens (including phenoxy) is 3. The number of H-pyrrole nitrogens is 2. The Bertz CT molecular complexity index is 2810. The molecule has 4 atom stereocenters. The summed E-state index contributed by atoms with van der Waals surface area (Å²) in [4.78, 5) is 61.4. The summed E-state index contributed by atoms with van der Waals surface area (Å²) >= 11 is 1.77. The zero-order valence-electron chi connectivity index (χ0n) is 38.3. The van der Waals surface area contributed by atoms with Crippen LogP contribution >= 0.6 is 11.3 Å². The lowest BCUT2D eigenvalue weighted by atomic mass is 10.0. The van der Waals surface area contributed by atoms with E-state index in [1.54, 1.807) is 27.3 Å². The topological polar surface area (TPSA) is 160 Å². The lowest BCUT2D eigenvalue weighted by Crippen LogP contribution is -2.51. The molecule has 3 amide bonds. The number of nitrogens with zero attached hydrogens (tertiary/aromatic N) is 5. The molecule has 3 aliphatic heterocycles. The number of aromatic nitrogens is 5. The first-order valence-corrected chi connectivity index (χ1v) is 24.1. The van der Waals surface area contributed by atoms with Gasteiger partial charge in [0.15, 0.2) is 0 Å². The van der Waals surface area contributed by atoms with Crippen LogP contribution in [-0.4, -0.2) is 84.2 Å². The number of carbonyl (C=O) groups is 3. The summed E-state index contributed by atoms with van der Waals surface area (Å²) in [7, 11) is 1.28. The molecular formula is C50H57FN8O6S. The molecule has 1 saturated carbocycles. The van der Waals surface area contributed by atoms with Crippen molar-refractivity contribution in [2.45, 2.75) is 122 Å². The van der Waals surface area contributed by atoms with Gasteiger partial charge in [0, 0.05) is 34.5 Å². The Hall–Kier alpha value is -6.16. The SMILES string of the molecule is COC(=O)N[C@H](C(=O)N1CCC[C@H]1c1ncc(-c2cc(F)c3c(c2)OC(c2ccc(C4CCCC4)s2)n2c-3cc3cc(-c4cnc([C@@H]5CCCN5C(=O)OC(C)(C)C)[nH]4)ccc32)[nH]1)C(C)C. The van der Waals surface area contributed by atoms with Crippen LogP contribution in [0.25, 0.3) is 44.7 Å². The summed E-state index contributed by atoms with van der Waals surface area (Å²) in [5, 5.41) is 3.62. The van der Waals surface area contributed by atoms with Crippen molar-refractivity contribution in [1.82, 2.24) is 39.6 Å². The summed E-state index contributed by atoms with van der Waals surface area (Å²) in [5.74, 6) is 1.47. The van der Waals surface area contributed by atoms with E-state index in [1.165, 1.54) is 43.7 Å². The minimum absolute atomic E-state index is 0.164. The van der Waals surface area contributed by atoms with Crippen molar-refractivity contribution in [1.29, 1.82) is 0 Å². The van der Waals surface area contributed by atoms with Gasteiger partial charge in [-0.2, -0.15) is 0 Å². The first kappa shape index (κ1) is 43.7. The van der Waals surface area contributed by atoms with Crippen molar-refractivity contribution >= 4 is 40.3 Å². The number of hydrogen-bond donors (Lipinski definition) is 3. The van der Waals surface area contributed by atoms with E-state index in [4.69, 9.17) is 24.2 Å². The number of amides is 3. The average molecular weight is 917 g/mol. The fraction of sp³-hybridized carbons (Fsp3) is 0.460. The van der Waals surface area contributed by atoms with Gasteiger partial charge in [-0.15, -0.1) is 11.3 Å². The molecule has 1 aliphatic carbocycles. The molecule has 0 radical (unpaired) electrons. The van der Waals surface area contributed by atoms with E-state index < -0.39 is 29.8 Å². The van der Waals surface area contributed by atoms with Crippen molar-refractivity contribution in [2.24, 2.45) is 5.92 Å². The smallest absolute Gasteiger partial charge is 0.410 e. The van der Waals surface area contributed by atoms with Gasteiger partial charge in [-0.25, -0.2) is 23.9 Å². The monoisotopic (exact) mass is 916 g/mol. The Kier molecular flexibility index (Phi) is 11.4. The zero-order valence-corrected chi connectivity index (χ0v) is 39.1. The Balaban J connectivity index is 0.984. The Morgan fingerprint density at radius 1 is 0.848 bits per heavy atom. The second-order valence-electron chi connectivity index (χ2n) is 19.4. The number of carbonyl (C=O) groups excluding carboxylic acids is 3. The van der Waals surface area contributed by atoms with Crippen LogP contribution in [0, 0.1) is 11.7 Å². The highest BCUT2D eigenvalue weighted by Crippen LogP contribution is 2.49. The van der Waals surface area contributed by atoms with Crippen molar-refractivity contribution in [3.05, 3.63) is 88.1 Å². The number of aromatic amines is 2. The Morgan fingerprint density at radius 2 is 1.52 bits per heavy atom. The molecule has 0 spiro atoms. The van der Waals surface area contributed by atoms with E-state index >= 15 is 4.39 Å². The summed E-state index contributed by atoms with van der Waals surface area (Å²) in [6.45, 7) is 10.5. The molecule has 66 heavy (non-hydrogen) atoms. The number of alkyl carbamates (subject to hydrolysis) is 1. The first-order chi connectivity index (χ1) is 31.7. The maximum atomic E-state index is 16.9. The van der Waals surface area contributed by atoms with Gasteiger partial charge in [0.05, 0.1) is 64.6 Å². The first-order valence-electron chi connectivity index (χ1n) is 23.2. The van der Waals surface area contributed by atoms with Crippen LogP contribution in [0.4, 0.5) is 14.0 Å². The molecule has 2 saturated heterocycles. The van der Waals surface area contributed by atoms with Crippen molar-refractivity contribution in [3.8, 4) is 39.5 Å². The van der Waals surface area contributed by atoms with E-state index in [0.717, 1.165) is 46.3 Å². The second-order valence-corrected chi connectivity index (χ2v) is 20.6. The highest BCUT2D eigenvalue weighted by Gasteiger charge is 2.39. The predicted molar refractivity (Wildman–Crippen MR) is 250 cm³/mol. The lowest BCUT2D eigenvalue weighted by Gasteiger charge is -2.30. The standard InChI is InChI=1S/C50H57FN8O6S/c1-27(2)43(56-48(61)63-6)46(60)57-19-9-13-36(57)44-53-26-34(55-44)30-22-32(51)42-38-23-31-21-29(33-25-52-45(54-33)37-14-10-20-58(37)49(62)65-50(3,4)5)15-16-35(31)59(38)47(64-39(42)24-30)41-18-17-40(66-41)28-11-7-8-12-28/h15-18,21-28,36-37,43,47H,7-14,19-20H2,1-6H3,(H,52,54)(H,53,55)(H,56,61)/t36-,37-,43-,47?/m0/s1. The fourth-order valence-corrected chi connectivity index (χ4v) is 11.5. The minimum Gasteiger partial charge on any atom is -0.464 e. The largest absolute Gasteiger partial charge is 0.464 e. The number of fused-ring (bicyclic) bond motifs is 5. The summed E-state index contributed by atoms with van der Waals surface area (Å²) in [6, 6.07) is 14.7. The maximum Gasteiger partial charge on any atom is 0.410 e. The van der Waals surface area contributed by atoms with E-state index in [9.17, 15) is 14.4 Å². The quantitative estimate of drug-likeness (QED) is 0.129. The molecule has 4 aliphatic rings. The van der Waals surface area contributed by atoms with Gasteiger partial charge in [0.2, 0.25) is 12.1 Å². The van der Waals surface area contributed by atoms with Crippen LogP contribution in [0.3, 0.4) is 0 Å². The molecule has 16 heteroatoms. The number of likely N-dealkylation sites (tertiary alicyclic amines) is 2. The number of methoxy groups -OCH3 is 1. The van der Waals surface area contributed by atoms with E-state index in [1.807, 2.05) is 59.0 Å². The molecule has 10 rings (SSSR count). The molecule has 1 unspecified atom stereocenters. The van der Waals surface area contributed by atoms with Crippen LogP contribution in [-0.2, 0) is 14.3 Å². The van der Waals surface area contributed by atoms with Crippen LogP contribution in [0.1, 0.15) is 132 Å². The maximum absolute atomic E-state index is 16.9. The molecule has 3 fully saturated rings. The van der Waals surface area contributed by atoms with Crippen molar-refractivity contribution in [2.75, 3.05) is 20.2 Å². The summed E-state index contributed by atoms with van der Waals surface area (Å²) in [5.41, 5.74) is 4.29. The van der Waals surface area contributed by atoms with E-state index in [-0.39, 0.29) is 30.0 Å². The van der Waals surface area contributed by atoms with Crippen LogP contribution < -0.4 is 10.1 Å². The lowest BCUT2D eigenvalue weighted by molar-refractivity contribution is -0.135. The molecule has 0 bridgehead atoms. The van der Waals surface area contributed by atoms with Gasteiger partial charge in [0.1, 0.15) is 34.9 Å². The number of halogens is 1. The molecule has 2 aromatic carbocycles. The van der Waals surface area contributed by atoms with Gasteiger partial charge in [0.25, 0.3) is 0 Å². The third-order valence-corrected chi connectivity index (χ3v) is 14.8. The van der Waals surface area contributed by atoms with Crippen molar-refractivity contribution in [3.63, 3.8) is 0 Å². The Morgan fingerprint density at radius 3 is 2.20 bits per heavy atom. The van der Waals surface area contributed by atoms with E-state index in [0.29, 0.717) is 65.3 Å². The van der Waals surface area contributed by atoms with Crippen LogP contribution in [0.2, 0.25) is 0 Å². The van der Waals surface area contributed by atoms with Gasteiger partial charge >= 0.3 is 12.2 Å². The number of thiophene rings is 1. The van der Waals surface area contributed by atoms with E-state index in [2.05, 4.69) is 44.1 Å². The molecule has 6 aromatic rings.